The van der Waals surface area contributed by atoms with E-state index in [4.69, 9.17) is 21.4 Å². The van der Waals surface area contributed by atoms with Crippen molar-refractivity contribution in [1.82, 2.24) is 19.9 Å². The molecular weight excluding hydrogens is 669 g/mol. The highest BCUT2D eigenvalue weighted by Gasteiger charge is 2.21. The average molecular weight is 707 g/mol. The molecule has 8 aromatic rings. The van der Waals surface area contributed by atoms with Gasteiger partial charge in [-0.15, -0.1) is 0 Å². The highest BCUT2D eigenvalue weighted by molar-refractivity contribution is 6.06. The Balaban J connectivity index is 1.10. The second-order valence-corrected chi connectivity index (χ2v) is 13.4. The molecule has 8 nitrogen and oxygen atoms in total. The molecule has 2 unspecified atom stereocenters. The minimum Gasteiger partial charge on any atom is -0.396 e. The summed E-state index contributed by atoms with van der Waals surface area (Å²) in [7, 11) is 0. The molecular formula is C46H38N6O2. The van der Waals surface area contributed by atoms with Crippen LogP contribution in [-0.2, 0) is 6.42 Å². The van der Waals surface area contributed by atoms with Crippen LogP contribution in [0.5, 0.6) is 0 Å². The van der Waals surface area contributed by atoms with Gasteiger partial charge in [-0.1, -0.05) is 109 Å². The molecule has 4 aromatic heterocycles. The van der Waals surface area contributed by atoms with Gasteiger partial charge in [0.1, 0.15) is 5.69 Å². The first-order valence-corrected chi connectivity index (χ1v) is 17.9. The van der Waals surface area contributed by atoms with Gasteiger partial charge in [0.25, 0.3) is 0 Å². The molecule has 4 heterocycles. The van der Waals surface area contributed by atoms with Gasteiger partial charge in [0.15, 0.2) is 5.78 Å². The molecule has 0 saturated carbocycles. The molecule has 5 N–H and O–H groups in total. The Bertz CT molecular complexity index is 2610. The zero-order valence-corrected chi connectivity index (χ0v) is 29.7. The number of fused-ring (bicyclic) bond motifs is 2. The van der Waals surface area contributed by atoms with Crippen LogP contribution in [0.2, 0.25) is 0 Å². The van der Waals surface area contributed by atoms with Crippen LogP contribution in [0.3, 0.4) is 0 Å². The molecule has 0 aliphatic carbocycles. The van der Waals surface area contributed by atoms with Gasteiger partial charge in [-0.3, -0.25) is 14.8 Å². The fourth-order valence-corrected chi connectivity index (χ4v) is 7.09. The van der Waals surface area contributed by atoms with Gasteiger partial charge in [-0.2, -0.15) is 0 Å². The van der Waals surface area contributed by atoms with Crippen LogP contribution in [0.25, 0.3) is 66.6 Å². The molecule has 8 rings (SSSR count). The number of Topliss-reactive ketones (excluding diaryl/α,β-unsaturated/α-hetero) is 1. The summed E-state index contributed by atoms with van der Waals surface area (Å²) in [5.41, 5.74) is 25.7. The molecule has 54 heavy (non-hydrogen) atoms. The number of nitrogens with two attached hydrogens (primary N) is 2. The molecule has 0 fully saturated rings. The molecule has 0 spiro atoms. The Morgan fingerprint density at radius 3 is 1.54 bits per heavy atom. The smallest absolute Gasteiger partial charge is 0.178 e. The SMILES string of the molecule is CC(=O)c1nccc2nc(-c3ccc(C(N)C(N)c4ccc(-c5nc6ccnc(CCO)c6cc5-c5ccccc5)cc4)cc3)c(-c3ccccc3)cc12. The third-order valence-electron chi connectivity index (χ3n) is 9.95. The number of aromatic nitrogens is 4. The van der Waals surface area contributed by atoms with E-state index < -0.39 is 12.1 Å². The van der Waals surface area contributed by atoms with E-state index in [1.807, 2.05) is 115 Å². The summed E-state index contributed by atoms with van der Waals surface area (Å²) in [5, 5.41) is 11.3. The van der Waals surface area contributed by atoms with Gasteiger partial charge in [0.2, 0.25) is 0 Å². The Kier molecular flexibility index (Phi) is 9.54. The first-order valence-electron chi connectivity index (χ1n) is 17.9. The summed E-state index contributed by atoms with van der Waals surface area (Å²) in [6, 6.07) is 43.3. The van der Waals surface area contributed by atoms with Gasteiger partial charge in [0, 0.05) is 77.5 Å². The van der Waals surface area contributed by atoms with Crippen molar-refractivity contribution in [3.8, 4) is 44.8 Å². The van der Waals surface area contributed by atoms with E-state index in [0.29, 0.717) is 17.6 Å². The average Bonchev–Trinajstić information content (AvgIpc) is 3.23. The Morgan fingerprint density at radius 2 is 1.06 bits per heavy atom. The van der Waals surface area contributed by atoms with Gasteiger partial charge in [-0.25, -0.2) is 9.97 Å². The highest BCUT2D eigenvalue weighted by atomic mass is 16.3. The number of benzene rings is 4. The van der Waals surface area contributed by atoms with E-state index in [1.54, 1.807) is 12.4 Å². The summed E-state index contributed by atoms with van der Waals surface area (Å²) in [4.78, 5) is 31.4. The number of carbonyl (C=O) groups is 1. The van der Waals surface area contributed by atoms with Gasteiger partial charge < -0.3 is 16.6 Å². The van der Waals surface area contributed by atoms with E-state index in [2.05, 4.69) is 28.2 Å². The fourth-order valence-electron chi connectivity index (χ4n) is 7.09. The van der Waals surface area contributed by atoms with Crippen LogP contribution < -0.4 is 11.5 Å². The summed E-state index contributed by atoms with van der Waals surface area (Å²) in [6.07, 6.45) is 3.83. The van der Waals surface area contributed by atoms with Gasteiger partial charge in [-0.05, 0) is 46.5 Å². The molecule has 0 radical (unpaired) electrons. The van der Waals surface area contributed by atoms with Crippen molar-refractivity contribution in [2.45, 2.75) is 25.4 Å². The molecule has 2 atom stereocenters. The van der Waals surface area contributed by atoms with Crippen LogP contribution >= 0.6 is 0 Å². The van der Waals surface area contributed by atoms with E-state index >= 15 is 0 Å². The zero-order valence-electron chi connectivity index (χ0n) is 29.7. The number of aliphatic hydroxyl groups is 1. The van der Waals surface area contributed by atoms with E-state index in [9.17, 15) is 9.90 Å². The summed E-state index contributed by atoms with van der Waals surface area (Å²) in [6.45, 7) is 1.54. The normalized spacial score (nSPS) is 12.5. The van der Waals surface area contributed by atoms with Crippen LogP contribution in [-0.4, -0.2) is 37.4 Å². The van der Waals surface area contributed by atoms with Crippen LogP contribution in [0.15, 0.2) is 146 Å². The molecule has 0 aliphatic heterocycles. The summed E-state index contributed by atoms with van der Waals surface area (Å²) in [5.74, 6) is -0.105. The van der Waals surface area contributed by atoms with Crippen molar-refractivity contribution >= 4 is 27.6 Å². The maximum atomic E-state index is 12.4. The Labute approximate surface area is 313 Å². The standard InChI is InChI=1S/C46H38N6O2/c1-28(54)44-38-27-36(30-10-6-3-7-11-30)46(52-41(38)21-24-50-44)34-18-14-32(15-19-34)43(48)42(47)31-12-16-33(17-13-31)45-35(29-8-4-2-5-9-29)26-37-39(22-25-53)49-23-20-40(37)51-45/h2-21,23-24,26-27,42-43,53H,22,25,47-48H2,1H3. The molecule has 0 saturated heterocycles. The van der Waals surface area contributed by atoms with Crippen molar-refractivity contribution in [3.05, 3.63) is 168 Å². The first-order chi connectivity index (χ1) is 26.4. The number of hydrogen-bond donors (Lipinski definition) is 3. The van der Waals surface area contributed by atoms with E-state index in [-0.39, 0.29) is 12.4 Å². The lowest BCUT2D eigenvalue weighted by atomic mass is 9.91. The Morgan fingerprint density at radius 1 is 0.593 bits per heavy atom. The lowest BCUT2D eigenvalue weighted by Gasteiger charge is -2.22. The summed E-state index contributed by atoms with van der Waals surface area (Å²) >= 11 is 0. The van der Waals surface area contributed by atoms with Crippen LogP contribution in [0.1, 0.15) is 46.3 Å². The number of hydrogen-bond acceptors (Lipinski definition) is 8. The first kappa shape index (κ1) is 34.6. The lowest BCUT2D eigenvalue weighted by molar-refractivity contribution is 0.101. The summed E-state index contributed by atoms with van der Waals surface area (Å²) < 4.78 is 0. The van der Waals surface area contributed by atoms with Crippen LogP contribution in [0, 0.1) is 0 Å². The largest absolute Gasteiger partial charge is 0.396 e. The predicted octanol–water partition coefficient (Wildman–Crippen LogP) is 8.68. The van der Waals surface area contributed by atoms with Crippen molar-refractivity contribution in [2.75, 3.05) is 6.61 Å². The van der Waals surface area contributed by atoms with Crippen molar-refractivity contribution < 1.29 is 9.90 Å². The van der Waals surface area contributed by atoms with Crippen molar-refractivity contribution in [1.29, 1.82) is 0 Å². The van der Waals surface area contributed by atoms with Crippen molar-refractivity contribution in [2.24, 2.45) is 11.5 Å². The lowest BCUT2D eigenvalue weighted by Crippen LogP contribution is -2.26. The molecule has 0 bridgehead atoms. The number of ketones is 1. The highest BCUT2D eigenvalue weighted by Crippen LogP contribution is 2.37. The molecule has 4 aromatic carbocycles. The minimum atomic E-state index is -0.469. The maximum absolute atomic E-state index is 12.4. The van der Waals surface area contributed by atoms with Gasteiger partial charge in [0.05, 0.1) is 28.1 Å². The second-order valence-electron chi connectivity index (χ2n) is 13.4. The van der Waals surface area contributed by atoms with Crippen LogP contribution in [0.4, 0.5) is 0 Å². The molecule has 0 aliphatic rings. The fraction of sp³-hybridized carbons (Fsp3) is 0.109. The second kappa shape index (κ2) is 14.9. The Hall–Kier alpha value is -6.45. The number of rotatable bonds is 10. The number of aliphatic hydroxyl groups excluding tert-OH is 1. The minimum absolute atomic E-state index is 0.0152. The number of carbonyl (C=O) groups excluding carboxylic acids is 1. The molecule has 0 amide bonds. The van der Waals surface area contributed by atoms with Gasteiger partial charge >= 0.3 is 0 Å². The number of nitrogens with zero attached hydrogens (tertiary/aromatic N) is 4. The van der Waals surface area contributed by atoms with E-state index in [0.717, 1.165) is 77.9 Å². The van der Waals surface area contributed by atoms with E-state index in [1.165, 1.54) is 6.92 Å². The monoisotopic (exact) mass is 706 g/mol. The topological polar surface area (TPSA) is 141 Å². The van der Waals surface area contributed by atoms with Crippen molar-refractivity contribution in [3.63, 3.8) is 0 Å². The zero-order chi connectivity index (χ0) is 37.2. The number of pyridine rings is 4. The third kappa shape index (κ3) is 6.66. The third-order valence-corrected chi connectivity index (χ3v) is 9.95. The maximum Gasteiger partial charge on any atom is 0.178 e. The quantitative estimate of drug-likeness (QED) is 0.120. The molecule has 8 heteroatoms. The molecule has 264 valence electrons. The predicted molar refractivity (Wildman–Crippen MR) is 215 cm³/mol.